The molecule has 3 rings (SSSR count). The third-order valence-electron chi connectivity index (χ3n) is 5.49. The number of hydrogen-bond acceptors (Lipinski definition) is 4. The van der Waals surface area contributed by atoms with Crippen molar-refractivity contribution in [3.05, 3.63) is 63.7 Å². The van der Waals surface area contributed by atoms with Crippen molar-refractivity contribution in [2.75, 3.05) is 25.5 Å². The van der Waals surface area contributed by atoms with E-state index >= 15 is 0 Å². The molecule has 1 aliphatic rings. The number of anilines is 1. The number of amides is 1. The van der Waals surface area contributed by atoms with Gasteiger partial charge in [0, 0.05) is 36.1 Å². The van der Waals surface area contributed by atoms with Crippen molar-refractivity contribution in [1.82, 2.24) is 4.90 Å². The molecule has 5 nitrogen and oxygen atoms in total. The van der Waals surface area contributed by atoms with Crippen LogP contribution in [0.5, 0.6) is 0 Å². The molecule has 2 aromatic rings. The molecule has 2 unspecified atom stereocenters. The number of aryl methyl sites for hydroxylation is 1. The molecular formula is C23H29ClN2O3. The second-order valence-electron chi connectivity index (χ2n) is 7.94. The molecule has 0 bridgehead atoms. The van der Waals surface area contributed by atoms with Gasteiger partial charge in [-0.15, -0.1) is 0 Å². The van der Waals surface area contributed by atoms with E-state index in [2.05, 4.69) is 36.3 Å². The van der Waals surface area contributed by atoms with E-state index in [0.717, 1.165) is 29.4 Å². The van der Waals surface area contributed by atoms with Crippen LogP contribution in [0.25, 0.3) is 0 Å². The summed E-state index contributed by atoms with van der Waals surface area (Å²) >= 11 is 6.35. The maximum absolute atomic E-state index is 12.2. The number of nitrogens with one attached hydrogen (secondary N) is 1. The van der Waals surface area contributed by atoms with Crippen LogP contribution in [-0.4, -0.2) is 47.3 Å². The molecule has 0 aromatic heterocycles. The van der Waals surface area contributed by atoms with Crippen LogP contribution in [-0.2, 0) is 11.3 Å². The van der Waals surface area contributed by atoms with Crippen LogP contribution in [0.1, 0.15) is 47.4 Å². The molecule has 2 aromatic carbocycles. The van der Waals surface area contributed by atoms with Gasteiger partial charge in [-0.2, -0.15) is 0 Å². The minimum absolute atomic E-state index is 0.0904. The molecule has 0 saturated carbocycles. The lowest BCUT2D eigenvalue weighted by atomic mass is 9.83. The van der Waals surface area contributed by atoms with E-state index < -0.39 is 6.10 Å². The Bertz CT molecular complexity index is 871. The van der Waals surface area contributed by atoms with Crippen molar-refractivity contribution in [3.8, 4) is 0 Å². The van der Waals surface area contributed by atoms with Gasteiger partial charge in [-0.05, 0) is 73.3 Å². The molecule has 1 heterocycles. The lowest BCUT2D eigenvalue weighted by molar-refractivity contribution is -0.116. The second kappa shape index (κ2) is 9.72. The highest BCUT2D eigenvalue weighted by Crippen LogP contribution is 2.37. The Morgan fingerprint density at radius 1 is 1.34 bits per heavy atom. The summed E-state index contributed by atoms with van der Waals surface area (Å²) in [4.78, 5) is 14.5. The highest BCUT2D eigenvalue weighted by atomic mass is 35.5. The molecule has 2 atom stereocenters. The number of fused-ring (bicyclic) bond motifs is 1. The van der Waals surface area contributed by atoms with Gasteiger partial charge in [0.25, 0.3) is 0 Å². The summed E-state index contributed by atoms with van der Waals surface area (Å²) in [5.74, 6) is 0.102. The number of likely N-dealkylation sites (N-methyl/N-ethyl adjacent to an activating group) is 1. The molecule has 1 aliphatic heterocycles. The molecule has 6 heteroatoms. The van der Waals surface area contributed by atoms with Crippen molar-refractivity contribution in [2.45, 2.75) is 44.8 Å². The first-order valence-corrected chi connectivity index (χ1v) is 10.4. The molecule has 156 valence electrons. The van der Waals surface area contributed by atoms with E-state index in [1.165, 1.54) is 16.7 Å². The third kappa shape index (κ3) is 5.58. The van der Waals surface area contributed by atoms with E-state index in [1.54, 1.807) is 0 Å². The fraction of sp³-hybridized carbons (Fsp3) is 0.435. The second-order valence-corrected chi connectivity index (χ2v) is 8.38. The normalized spacial score (nSPS) is 17.6. The zero-order valence-electron chi connectivity index (χ0n) is 17.0. The number of aliphatic hydroxyl groups excluding tert-OH is 2. The molecule has 0 spiro atoms. The SMILES string of the molecule is Cc1cc(Cl)cc2c1CN(C)CC2c1cccc(NC(=O)CCCC(O)CO)c1. The lowest BCUT2D eigenvalue weighted by Gasteiger charge is -2.34. The number of aliphatic hydroxyl groups is 2. The fourth-order valence-corrected chi connectivity index (χ4v) is 4.28. The van der Waals surface area contributed by atoms with Gasteiger partial charge in [0.2, 0.25) is 5.91 Å². The highest BCUT2D eigenvalue weighted by Gasteiger charge is 2.26. The molecule has 0 radical (unpaired) electrons. The summed E-state index contributed by atoms with van der Waals surface area (Å²) in [5, 5.41) is 21.9. The van der Waals surface area contributed by atoms with Crippen LogP contribution in [0.15, 0.2) is 36.4 Å². The first-order chi connectivity index (χ1) is 13.9. The fourth-order valence-electron chi connectivity index (χ4n) is 4.00. The van der Waals surface area contributed by atoms with Crippen LogP contribution < -0.4 is 5.32 Å². The first-order valence-electron chi connectivity index (χ1n) is 10.0. The quantitative estimate of drug-likeness (QED) is 0.643. The number of nitrogens with zero attached hydrogens (tertiary/aromatic N) is 1. The van der Waals surface area contributed by atoms with Crippen LogP contribution in [0.3, 0.4) is 0 Å². The maximum Gasteiger partial charge on any atom is 0.224 e. The zero-order valence-corrected chi connectivity index (χ0v) is 17.7. The van der Waals surface area contributed by atoms with Crippen molar-refractivity contribution >= 4 is 23.2 Å². The van der Waals surface area contributed by atoms with Crippen LogP contribution in [0.2, 0.25) is 5.02 Å². The van der Waals surface area contributed by atoms with Gasteiger partial charge in [0.05, 0.1) is 12.7 Å². The number of rotatable bonds is 7. The van der Waals surface area contributed by atoms with Gasteiger partial charge in [-0.25, -0.2) is 0 Å². The summed E-state index contributed by atoms with van der Waals surface area (Å²) in [6, 6.07) is 12.1. The Morgan fingerprint density at radius 2 is 2.14 bits per heavy atom. The van der Waals surface area contributed by atoms with Crippen LogP contribution in [0.4, 0.5) is 5.69 Å². The van der Waals surface area contributed by atoms with Crippen molar-refractivity contribution < 1.29 is 15.0 Å². The molecular weight excluding hydrogens is 388 g/mol. The van der Waals surface area contributed by atoms with Crippen molar-refractivity contribution in [1.29, 1.82) is 0 Å². The topological polar surface area (TPSA) is 72.8 Å². The van der Waals surface area contributed by atoms with Crippen molar-refractivity contribution in [3.63, 3.8) is 0 Å². The van der Waals surface area contributed by atoms with Gasteiger partial charge in [0.15, 0.2) is 0 Å². The lowest BCUT2D eigenvalue weighted by Crippen LogP contribution is -2.31. The van der Waals surface area contributed by atoms with E-state index in [-0.39, 0.29) is 18.4 Å². The number of benzene rings is 2. The van der Waals surface area contributed by atoms with E-state index in [1.807, 2.05) is 24.3 Å². The largest absolute Gasteiger partial charge is 0.394 e. The predicted molar refractivity (Wildman–Crippen MR) is 116 cm³/mol. The predicted octanol–water partition coefficient (Wildman–Crippen LogP) is 3.69. The smallest absolute Gasteiger partial charge is 0.224 e. The zero-order chi connectivity index (χ0) is 21.0. The van der Waals surface area contributed by atoms with E-state index in [9.17, 15) is 9.90 Å². The van der Waals surface area contributed by atoms with Gasteiger partial charge in [-0.3, -0.25) is 4.79 Å². The first kappa shape index (κ1) is 21.8. The minimum atomic E-state index is -0.759. The number of halogens is 1. The monoisotopic (exact) mass is 416 g/mol. The summed E-state index contributed by atoms with van der Waals surface area (Å²) < 4.78 is 0. The Balaban J connectivity index is 1.76. The highest BCUT2D eigenvalue weighted by molar-refractivity contribution is 6.30. The maximum atomic E-state index is 12.2. The number of carbonyl (C=O) groups excluding carboxylic acids is 1. The van der Waals surface area contributed by atoms with Gasteiger partial charge >= 0.3 is 0 Å². The average Bonchev–Trinajstić information content (AvgIpc) is 2.68. The van der Waals surface area contributed by atoms with Crippen LogP contribution >= 0.6 is 11.6 Å². The van der Waals surface area contributed by atoms with Gasteiger partial charge < -0.3 is 20.4 Å². The molecule has 3 N–H and O–H groups in total. The van der Waals surface area contributed by atoms with E-state index in [0.29, 0.717) is 19.3 Å². The van der Waals surface area contributed by atoms with E-state index in [4.69, 9.17) is 16.7 Å². The Morgan fingerprint density at radius 3 is 2.90 bits per heavy atom. The minimum Gasteiger partial charge on any atom is -0.394 e. The van der Waals surface area contributed by atoms with Crippen molar-refractivity contribution in [2.24, 2.45) is 0 Å². The summed E-state index contributed by atoms with van der Waals surface area (Å²) in [6.45, 7) is 3.63. The standard InChI is InChI=1S/C23H29ClN2O3/c1-15-9-17(24)11-20-21(15)12-26(2)13-22(20)16-5-3-6-18(10-16)25-23(29)8-4-7-19(28)14-27/h3,5-6,9-11,19,22,27-28H,4,7-8,12-14H2,1-2H3,(H,25,29). The van der Waals surface area contributed by atoms with Gasteiger partial charge in [-0.1, -0.05) is 23.7 Å². The molecule has 29 heavy (non-hydrogen) atoms. The summed E-state index contributed by atoms with van der Waals surface area (Å²) in [6.07, 6.45) is 0.497. The summed E-state index contributed by atoms with van der Waals surface area (Å²) in [5.41, 5.74) is 5.70. The molecule has 0 fully saturated rings. The Labute approximate surface area is 177 Å². The average molecular weight is 417 g/mol. The molecule has 0 aliphatic carbocycles. The Kier molecular flexibility index (Phi) is 7.30. The Hall–Kier alpha value is -1.92. The number of carbonyl (C=O) groups is 1. The number of hydrogen-bond donors (Lipinski definition) is 3. The third-order valence-corrected chi connectivity index (χ3v) is 5.71. The van der Waals surface area contributed by atoms with Gasteiger partial charge in [0.1, 0.15) is 0 Å². The molecule has 0 saturated heterocycles. The van der Waals surface area contributed by atoms with Crippen LogP contribution in [0, 0.1) is 6.92 Å². The molecule has 1 amide bonds. The summed E-state index contributed by atoms with van der Waals surface area (Å²) in [7, 11) is 2.12.